The van der Waals surface area contributed by atoms with E-state index in [4.69, 9.17) is 0 Å². The van der Waals surface area contributed by atoms with Gasteiger partial charge in [0, 0.05) is 29.5 Å². The molecule has 0 saturated heterocycles. The molecule has 1 N–H and O–H groups in total. The Labute approximate surface area is 212 Å². The summed E-state index contributed by atoms with van der Waals surface area (Å²) in [5.74, 6) is 0.580. The van der Waals surface area contributed by atoms with Crippen LogP contribution in [0.25, 0.3) is 11.3 Å². The molecule has 0 spiro atoms. The second-order valence-corrected chi connectivity index (χ2v) is 10.3. The molecular formula is C31H47FN2O. The van der Waals surface area contributed by atoms with E-state index in [2.05, 4.69) is 23.7 Å². The van der Waals surface area contributed by atoms with E-state index >= 15 is 0 Å². The molecule has 0 unspecified atom stereocenters. The van der Waals surface area contributed by atoms with Crippen molar-refractivity contribution in [1.29, 1.82) is 0 Å². The number of rotatable bonds is 8. The molecule has 0 bridgehead atoms. The minimum atomic E-state index is -0.212. The number of nitrogens with one attached hydrogen (secondary N) is 1. The Bertz CT molecular complexity index is 936. The van der Waals surface area contributed by atoms with Gasteiger partial charge in [0.25, 0.3) is 5.91 Å². The number of halogens is 1. The molecule has 2 aliphatic rings. The number of carbonyl (C=O) groups excluding carboxylic acids is 1. The number of carbonyl (C=O) groups is 1. The van der Waals surface area contributed by atoms with Crippen molar-refractivity contribution in [3.63, 3.8) is 0 Å². The van der Waals surface area contributed by atoms with Crippen molar-refractivity contribution in [2.75, 3.05) is 0 Å². The molecule has 2 aliphatic carbocycles. The van der Waals surface area contributed by atoms with Crippen LogP contribution in [0.4, 0.5) is 4.39 Å². The van der Waals surface area contributed by atoms with Crippen LogP contribution in [0.15, 0.2) is 24.3 Å². The molecule has 4 rings (SSSR count). The van der Waals surface area contributed by atoms with E-state index < -0.39 is 0 Å². The van der Waals surface area contributed by atoms with Gasteiger partial charge in [-0.3, -0.25) is 4.79 Å². The van der Waals surface area contributed by atoms with E-state index in [0.29, 0.717) is 0 Å². The van der Waals surface area contributed by atoms with E-state index in [0.717, 1.165) is 72.6 Å². The van der Waals surface area contributed by atoms with E-state index in [1.165, 1.54) is 51.4 Å². The summed E-state index contributed by atoms with van der Waals surface area (Å²) in [4.78, 5) is 13.3. The van der Waals surface area contributed by atoms with Gasteiger partial charge in [-0.1, -0.05) is 84.6 Å². The maximum atomic E-state index is 14.4. The van der Waals surface area contributed by atoms with Crippen molar-refractivity contribution < 1.29 is 9.18 Å². The highest BCUT2D eigenvalue weighted by Gasteiger charge is 2.24. The number of aromatic nitrogens is 1. The second kappa shape index (κ2) is 13.8. The first-order valence-electron chi connectivity index (χ1n) is 14.4. The van der Waals surface area contributed by atoms with Gasteiger partial charge in [-0.25, -0.2) is 4.39 Å². The Kier molecular flexibility index (Phi) is 10.9. The molecule has 1 heterocycles. The van der Waals surface area contributed by atoms with Gasteiger partial charge in [0.2, 0.25) is 0 Å². The maximum absolute atomic E-state index is 14.4. The number of hydrogen-bond donors (Lipinski definition) is 1. The van der Waals surface area contributed by atoms with Crippen molar-refractivity contribution in [3.05, 3.63) is 46.9 Å². The van der Waals surface area contributed by atoms with Crippen LogP contribution in [0.1, 0.15) is 119 Å². The summed E-state index contributed by atoms with van der Waals surface area (Å²) in [6, 6.07) is 7.46. The lowest BCUT2D eigenvalue weighted by Crippen LogP contribution is -2.36. The van der Waals surface area contributed by atoms with Crippen LogP contribution in [-0.4, -0.2) is 16.5 Å². The average molecular weight is 483 g/mol. The third-order valence-electron chi connectivity index (χ3n) is 7.90. The van der Waals surface area contributed by atoms with Crippen LogP contribution >= 0.6 is 0 Å². The fourth-order valence-electron chi connectivity index (χ4n) is 5.96. The summed E-state index contributed by atoms with van der Waals surface area (Å²) in [5.41, 5.74) is 4.88. The highest BCUT2D eigenvalue weighted by molar-refractivity contribution is 5.97. The van der Waals surface area contributed by atoms with Crippen molar-refractivity contribution in [2.45, 2.75) is 124 Å². The molecule has 1 aromatic heterocycles. The number of amides is 1. The summed E-state index contributed by atoms with van der Waals surface area (Å²) in [7, 11) is 0. The molecule has 35 heavy (non-hydrogen) atoms. The Morgan fingerprint density at radius 3 is 2.31 bits per heavy atom. The zero-order chi connectivity index (χ0) is 25.2. The Morgan fingerprint density at radius 2 is 1.66 bits per heavy atom. The lowest BCUT2D eigenvalue weighted by Gasteiger charge is -2.23. The summed E-state index contributed by atoms with van der Waals surface area (Å²) < 4.78 is 16.7. The fraction of sp³-hybridized carbons (Fsp3) is 0.645. The van der Waals surface area contributed by atoms with Crippen molar-refractivity contribution in [2.24, 2.45) is 5.92 Å². The number of hydrogen-bond acceptors (Lipinski definition) is 1. The van der Waals surface area contributed by atoms with Crippen molar-refractivity contribution in [1.82, 2.24) is 9.88 Å². The van der Waals surface area contributed by atoms with E-state index in [1.54, 1.807) is 12.1 Å². The minimum absolute atomic E-state index is 0.0329. The molecule has 3 nitrogen and oxygen atoms in total. The molecule has 1 amide bonds. The highest BCUT2D eigenvalue weighted by atomic mass is 19.1. The topological polar surface area (TPSA) is 34.0 Å². The predicted molar refractivity (Wildman–Crippen MR) is 145 cm³/mol. The summed E-state index contributed by atoms with van der Waals surface area (Å²) >= 11 is 0. The van der Waals surface area contributed by atoms with Gasteiger partial charge in [-0.15, -0.1) is 0 Å². The molecule has 0 aliphatic heterocycles. The zero-order valence-electron chi connectivity index (χ0n) is 22.6. The van der Waals surface area contributed by atoms with Gasteiger partial charge < -0.3 is 9.88 Å². The summed E-state index contributed by atoms with van der Waals surface area (Å²) in [6.45, 7) is 9.12. The monoisotopic (exact) mass is 482 g/mol. The van der Waals surface area contributed by atoms with Crippen LogP contribution < -0.4 is 5.32 Å². The Balaban J connectivity index is 0.00000167. The third-order valence-corrected chi connectivity index (χ3v) is 7.90. The molecule has 194 valence electrons. The van der Waals surface area contributed by atoms with Gasteiger partial charge >= 0.3 is 0 Å². The lowest BCUT2D eigenvalue weighted by atomic mass is 9.87. The smallest absolute Gasteiger partial charge is 0.253 e. The van der Waals surface area contributed by atoms with Gasteiger partial charge in [0.15, 0.2) is 0 Å². The zero-order valence-corrected chi connectivity index (χ0v) is 22.6. The predicted octanol–water partition coefficient (Wildman–Crippen LogP) is 8.61. The molecule has 0 radical (unpaired) electrons. The Hall–Kier alpha value is -2.10. The summed E-state index contributed by atoms with van der Waals surface area (Å²) in [5, 5.41) is 3.30. The molecule has 2 aromatic rings. The highest BCUT2D eigenvalue weighted by Crippen LogP contribution is 2.33. The first kappa shape index (κ1) is 27.5. The van der Waals surface area contributed by atoms with Crippen LogP contribution in [-0.2, 0) is 13.0 Å². The standard InChI is InChI=1S/C29H41FN2O.C2H6/c1-3-10-23-15-16-24(30)19-27(23)28-20-26(29(33)31-25-13-8-5-9-14-25)21(2)32(28)18-17-22-11-6-4-7-12-22;1-2/h15-16,19-20,22,25H,3-14,17-18H2,1-2H3,(H,31,33);1-2H3. The number of nitrogens with zero attached hydrogens (tertiary/aromatic N) is 1. The van der Waals surface area contributed by atoms with Gasteiger partial charge in [-0.2, -0.15) is 0 Å². The Morgan fingerprint density at radius 1 is 1.00 bits per heavy atom. The van der Waals surface area contributed by atoms with Crippen LogP contribution in [0.2, 0.25) is 0 Å². The van der Waals surface area contributed by atoms with Gasteiger partial charge in [0.05, 0.1) is 5.56 Å². The normalized spacial score (nSPS) is 17.1. The molecule has 1 aromatic carbocycles. The van der Waals surface area contributed by atoms with Crippen molar-refractivity contribution in [3.8, 4) is 11.3 Å². The fourth-order valence-corrected chi connectivity index (χ4v) is 5.96. The molecule has 2 fully saturated rings. The lowest BCUT2D eigenvalue weighted by molar-refractivity contribution is 0.0927. The quantitative estimate of drug-likeness (QED) is 0.401. The van der Waals surface area contributed by atoms with Crippen LogP contribution in [0, 0.1) is 18.7 Å². The minimum Gasteiger partial charge on any atom is -0.349 e. The molecule has 2 saturated carbocycles. The first-order valence-corrected chi connectivity index (χ1v) is 14.4. The van der Waals surface area contributed by atoms with E-state index in [1.807, 2.05) is 26.0 Å². The molecule has 4 heteroatoms. The van der Waals surface area contributed by atoms with Crippen LogP contribution in [0.3, 0.4) is 0 Å². The first-order chi connectivity index (χ1) is 17.1. The largest absolute Gasteiger partial charge is 0.349 e. The SMILES string of the molecule is CC.CCCc1ccc(F)cc1-c1cc(C(=O)NC2CCCCC2)c(C)n1CCC1CCCCC1. The molecular weight excluding hydrogens is 435 g/mol. The van der Waals surface area contributed by atoms with E-state index in [-0.39, 0.29) is 17.8 Å². The maximum Gasteiger partial charge on any atom is 0.253 e. The number of aryl methyl sites for hydroxylation is 1. The number of benzene rings is 1. The van der Waals surface area contributed by atoms with Crippen molar-refractivity contribution >= 4 is 5.91 Å². The van der Waals surface area contributed by atoms with Crippen LogP contribution in [0.5, 0.6) is 0 Å². The summed E-state index contributed by atoms with van der Waals surface area (Å²) in [6.07, 6.45) is 15.5. The third kappa shape index (κ3) is 7.21. The second-order valence-electron chi connectivity index (χ2n) is 10.3. The molecule has 0 atom stereocenters. The van der Waals surface area contributed by atoms with Gasteiger partial charge in [0.1, 0.15) is 5.82 Å². The van der Waals surface area contributed by atoms with Gasteiger partial charge in [-0.05, 0) is 62.3 Å². The average Bonchev–Trinajstić information content (AvgIpc) is 3.22. The van der Waals surface area contributed by atoms with E-state index in [9.17, 15) is 9.18 Å².